The Balaban J connectivity index is 1.38. The normalized spacial score (nSPS) is 17.9. The lowest BCUT2D eigenvalue weighted by atomic mass is 10.0. The van der Waals surface area contributed by atoms with E-state index in [2.05, 4.69) is 30.5 Å². The molecule has 0 aliphatic carbocycles. The number of aromatic nitrogens is 3. The third-order valence-electron chi connectivity index (χ3n) is 7.30. The van der Waals surface area contributed by atoms with Crippen LogP contribution in [0.3, 0.4) is 0 Å². The van der Waals surface area contributed by atoms with Gasteiger partial charge < -0.3 is 20.3 Å². The van der Waals surface area contributed by atoms with Crippen LogP contribution in [0.2, 0.25) is 0 Å². The fraction of sp³-hybridized carbons (Fsp3) is 0.241. The second kappa shape index (κ2) is 10.0. The number of methoxy groups -OCH3 is 1. The molecule has 6 rings (SSSR count). The van der Waals surface area contributed by atoms with Crippen LogP contribution in [0, 0.1) is 18.6 Å². The predicted molar refractivity (Wildman–Crippen MR) is 144 cm³/mol. The first kappa shape index (κ1) is 24.9. The molecule has 0 saturated carbocycles. The van der Waals surface area contributed by atoms with Crippen molar-refractivity contribution in [2.24, 2.45) is 0 Å². The Kier molecular flexibility index (Phi) is 6.40. The summed E-state index contributed by atoms with van der Waals surface area (Å²) in [6.07, 6.45) is 4.03. The molecule has 2 saturated heterocycles. The molecule has 10 heteroatoms. The van der Waals surface area contributed by atoms with Crippen LogP contribution in [0.1, 0.15) is 22.6 Å². The standard InChI is InChI=1S/C29H26F2N6O2/c1-16-19(5-4-9-32-16)20-12-25(37-15-17-11-18(37)14-34-17)24(13-22(20)31)36-29(38)23-8-10-33-28(35-23)27-21(30)6-3-7-26(27)39-2/h3-10,12-13,17-18,34H,11,14-15H2,1-2H3,(H,36,38)/t17-,18-/m0/s1. The van der Waals surface area contributed by atoms with Gasteiger partial charge in [0.2, 0.25) is 0 Å². The second-order valence-corrected chi connectivity index (χ2v) is 9.67. The molecular formula is C29H26F2N6O2. The maximum absolute atomic E-state index is 15.5. The summed E-state index contributed by atoms with van der Waals surface area (Å²) in [6, 6.07) is 13.1. The summed E-state index contributed by atoms with van der Waals surface area (Å²) in [7, 11) is 1.42. The molecule has 39 heavy (non-hydrogen) atoms. The van der Waals surface area contributed by atoms with E-state index in [-0.39, 0.29) is 28.9 Å². The number of amides is 1. The number of halogens is 2. The predicted octanol–water partition coefficient (Wildman–Crippen LogP) is 4.60. The number of ether oxygens (including phenoxy) is 1. The zero-order chi connectivity index (χ0) is 27.1. The SMILES string of the molecule is COc1cccc(F)c1-c1nccc(C(=O)Nc2cc(F)c(-c3cccnc3C)cc2N2C[C@@H]3C[C@H]2CN3)n1. The van der Waals surface area contributed by atoms with E-state index >= 15 is 4.39 Å². The van der Waals surface area contributed by atoms with E-state index in [1.807, 2.05) is 13.0 Å². The van der Waals surface area contributed by atoms with Crippen molar-refractivity contribution in [3.05, 3.63) is 83.9 Å². The van der Waals surface area contributed by atoms with Crippen molar-refractivity contribution in [1.29, 1.82) is 0 Å². The molecule has 2 N–H and O–H groups in total. The molecule has 0 spiro atoms. The van der Waals surface area contributed by atoms with E-state index in [9.17, 15) is 9.18 Å². The van der Waals surface area contributed by atoms with Crippen molar-refractivity contribution in [3.8, 4) is 28.3 Å². The van der Waals surface area contributed by atoms with Gasteiger partial charge in [0.25, 0.3) is 5.91 Å². The van der Waals surface area contributed by atoms with Gasteiger partial charge in [-0.15, -0.1) is 0 Å². The number of carbonyl (C=O) groups is 1. The van der Waals surface area contributed by atoms with Gasteiger partial charge in [-0.05, 0) is 43.7 Å². The molecule has 1 amide bonds. The Hall–Kier alpha value is -4.44. The first-order chi connectivity index (χ1) is 18.9. The molecule has 4 aromatic rings. The molecule has 2 aliphatic rings. The molecule has 2 bridgehead atoms. The van der Waals surface area contributed by atoms with Crippen molar-refractivity contribution in [1.82, 2.24) is 20.3 Å². The highest BCUT2D eigenvalue weighted by atomic mass is 19.1. The Labute approximate surface area is 224 Å². The Morgan fingerprint density at radius 1 is 1.08 bits per heavy atom. The van der Waals surface area contributed by atoms with Crippen LogP contribution in [-0.2, 0) is 0 Å². The van der Waals surface area contributed by atoms with E-state index in [0.29, 0.717) is 28.6 Å². The number of benzene rings is 2. The lowest BCUT2D eigenvalue weighted by Gasteiger charge is -2.32. The van der Waals surface area contributed by atoms with Gasteiger partial charge >= 0.3 is 0 Å². The number of anilines is 2. The van der Waals surface area contributed by atoms with Gasteiger partial charge in [0, 0.05) is 60.5 Å². The van der Waals surface area contributed by atoms with Crippen LogP contribution < -0.4 is 20.3 Å². The number of pyridine rings is 1. The van der Waals surface area contributed by atoms with E-state index < -0.39 is 17.5 Å². The minimum absolute atomic E-state index is 0.00783. The molecule has 2 fully saturated rings. The summed E-state index contributed by atoms with van der Waals surface area (Å²) in [6.45, 7) is 3.40. The number of fused-ring (bicyclic) bond motifs is 2. The maximum Gasteiger partial charge on any atom is 0.274 e. The summed E-state index contributed by atoms with van der Waals surface area (Å²) in [5.41, 5.74) is 2.93. The highest BCUT2D eigenvalue weighted by Crippen LogP contribution is 2.40. The van der Waals surface area contributed by atoms with Crippen LogP contribution in [0.15, 0.2) is 60.9 Å². The minimum atomic E-state index is -0.574. The van der Waals surface area contributed by atoms with Crippen molar-refractivity contribution in [3.63, 3.8) is 0 Å². The quantitative estimate of drug-likeness (QED) is 0.378. The molecular weight excluding hydrogens is 502 g/mol. The van der Waals surface area contributed by atoms with Gasteiger partial charge in [0.15, 0.2) is 5.82 Å². The molecule has 2 aromatic heterocycles. The maximum atomic E-state index is 15.5. The Morgan fingerprint density at radius 2 is 1.95 bits per heavy atom. The monoisotopic (exact) mass is 528 g/mol. The van der Waals surface area contributed by atoms with E-state index in [1.165, 1.54) is 37.6 Å². The topological polar surface area (TPSA) is 92.3 Å². The van der Waals surface area contributed by atoms with Crippen LogP contribution in [-0.4, -0.2) is 53.1 Å². The number of nitrogens with one attached hydrogen (secondary N) is 2. The Bertz CT molecular complexity index is 1580. The van der Waals surface area contributed by atoms with Gasteiger partial charge in [-0.25, -0.2) is 18.7 Å². The smallest absolute Gasteiger partial charge is 0.274 e. The molecule has 4 heterocycles. The summed E-state index contributed by atoms with van der Waals surface area (Å²) in [5.74, 6) is -1.37. The lowest BCUT2D eigenvalue weighted by Crippen LogP contribution is -2.44. The van der Waals surface area contributed by atoms with Gasteiger partial charge in [-0.2, -0.15) is 0 Å². The lowest BCUT2D eigenvalue weighted by molar-refractivity contribution is 0.102. The molecule has 8 nitrogen and oxygen atoms in total. The van der Waals surface area contributed by atoms with Crippen LogP contribution in [0.25, 0.3) is 22.5 Å². The number of rotatable bonds is 6. The highest BCUT2D eigenvalue weighted by molar-refractivity contribution is 6.05. The zero-order valence-electron chi connectivity index (χ0n) is 21.4. The molecule has 2 aromatic carbocycles. The van der Waals surface area contributed by atoms with E-state index in [0.717, 1.165) is 25.2 Å². The largest absolute Gasteiger partial charge is 0.496 e. The highest BCUT2D eigenvalue weighted by Gasteiger charge is 2.39. The van der Waals surface area contributed by atoms with Gasteiger partial charge in [0.1, 0.15) is 23.1 Å². The second-order valence-electron chi connectivity index (χ2n) is 9.67. The van der Waals surface area contributed by atoms with Crippen LogP contribution in [0.4, 0.5) is 20.2 Å². The van der Waals surface area contributed by atoms with E-state index in [1.54, 1.807) is 24.4 Å². The van der Waals surface area contributed by atoms with Crippen molar-refractivity contribution in [2.75, 3.05) is 30.4 Å². The average molecular weight is 529 g/mol. The molecule has 2 aliphatic heterocycles. The van der Waals surface area contributed by atoms with Crippen LogP contribution >= 0.6 is 0 Å². The summed E-state index contributed by atoms with van der Waals surface area (Å²) in [4.78, 5) is 28.4. The third-order valence-corrected chi connectivity index (χ3v) is 7.30. The Morgan fingerprint density at radius 3 is 2.69 bits per heavy atom. The fourth-order valence-corrected chi connectivity index (χ4v) is 5.41. The third kappa shape index (κ3) is 4.57. The van der Waals surface area contributed by atoms with Gasteiger partial charge in [0.05, 0.1) is 24.0 Å². The minimum Gasteiger partial charge on any atom is -0.496 e. The van der Waals surface area contributed by atoms with Gasteiger partial charge in [-0.3, -0.25) is 9.78 Å². The first-order valence-electron chi connectivity index (χ1n) is 12.7. The molecule has 2 atom stereocenters. The number of aryl methyl sites for hydroxylation is 1. The average Bonchev–Trinajstić information content (AvgIpc) is 3.58. The van der Waals surface area contributed by atoms with E-state index in [4.69, 9.17) is 4.74 Å². The van der Waals surface area contributed by atoms with Crippen molar-refractivity contribution in [2.45, 2.75) is 25.4 Å². The number of hydrogen-bond acceptors (Lipinski definition) is 7. The summed E-state index contributed by atoms with van der Waals surface area (Å²) < 4.78 is 35.4. The summed E-state index contributed by atoms with van der Waals surface area (Å²) >= 11 is 0. The van der Waals surface area contributed by atoms with Crippen molar-refractivity contribution < 1.29 is 18.3 Å². The molecule has 198 valence electrons. The molecule has 0 radical (unpaired) electrons. The summed E-state index contributed by atoms with van der Waals surface area (Å²) in [5, 5.41) is 6.32. The number of hydrogen-bond donors (Lipinski definition) is 2. The number of carbonyl (C=O) groups excluding carboxylic acids is 1. The first-order valence-corrected chi connectivity index (χ1v) is 12.7. The zero-order valence-corrected chi connectivity index (χ0v) is 21.4. The number of piperazine rings is 1. The fourth-order valence-electron chi connectivity index (χ4n) is 5.41. The molecule has 0 unspecified atom stereocenters. The number of nitrogens with zero attached hydrogens (tertiary/aromatic N) is 4. The van der Waals surface area contributed by atoms with Gasteiger partial charge in [-0.1, -0.05) is 12.1 Å². The van der Waals surface area contributed by atoms with Crippen molar-refractivity contribution >= 4 is 17.3 Å². The van der Waals surface area contributed by atoms with Crippen LogP contribution in [0.5, 0.6) is 5.75 Å².